The maximum Gasteiger partial charge on any atom is 0.406 e. The largest absolute Gasteiger partial charge is 0.406 e. The van der Waals surface area contributed by atoms with Gasteiger partial charge in [-0.3, -0.25) is 4.79 Å². The number of carbonyl (C=O) groups is 1. The lowest BCUT2D eigenvalue weighted by Crippen LogP contribution is -2.40. The molecule has 0 aliphatic rings. The molecule has 0 spiro atoms. The van der Waals surface area contributed by atoms with Crippen LogP contribution >= 0.6 is 24.0 Å². The predicted octanol–water partition coefficient (Wildman–Crippen LogP) is 1.59. The number of guanidine groups is 1. The Morgan fingerprint density at radius 2 is 1.85 bits per heavy atom. The van der Waals surface area contributed by atoms with Gasteiger partial charge in [-0.15, -0.1) is 24.0 Å². The highest BCUT2D eigenvalue weighted by atomic mass is 127. The molecular formula is C11H22F3IN4O. The van der Waals surface area contributed by atoms with E-state index in [1.165, 1.54) is 0 Å². The van der Waals surface area contributed by atoms with Gasteiger partial charge in [0.1, 0.15) is 13.1 Å². The van der Waals surface area contributed by atoms with Crippen LogP contribution in [0.3, 0.4) is 0 Å². The molecule has 0 bridgehead atoms. The highest BCUT2D eigenvalue weighted by Gasteiger charge is 2.30. The zero-order valence-corrected chi connectivity index (χ0v) is 14.2. The summed E-state index contributed by atoms with van der Waals surface area (Å²) >= 11 is 0. The van der Waals surface area contributed by atoms with E-state index in [1.807, 2.05) is 13.8 Å². The predicted molar refractivity (Wildman–Crippen MR) is 83.4 cm³/mol. The van der Waals surface area contributed by atoms with E-state index in [-0.39, 0.29) is 30.5 Å². The third kappa shape index (κ3) is 11.1. The van der Waals surface area contributed by atoms with E-state index in [0.717, 1.165) is 13.5 Å². The van der Waals surface area contributed by atoms with Gasteiger partial charge in [0, 0.05) is 20.1 Å². The van der Waals surface area contributed by atoms with E-state index in [0.29, 0.717) is 23.9 Å². The molecule has 0 aromatic rings. The molecule has 0 aliphatic carbocycles. The van der Waals surface area contributed by atoms with Crippen molar-refractivity contribution < 1.29 is 18.0 Å². The Morgan fingerprint density at radius 3 is 2.30 bits per heavy atom. The molecule has 20 heavy (non-hydrogen) atoms. The zero-order chi connectivity index (χ0) is 14.9. The number of nitrogens with one attached hydrogen (secondary N) is 2. The minimum Gasteiger partial charge on any atom is -0.357 e. The molecule has 120 valence electrons. The summed E-state index contributed by atoms with van der Waals surface area (Å²) in [6.45, 7) is 3.55. The van der Waals surface area contributed by atoms with E-state index >= 15 is 0 Å². The average Bonchev–Trinajstić information content (AvgIpc) is 2.30. The van der Waals surface area contributed by atoms with E-state index in [9.17, 15) is 18.0 Å². The molecule has 0 atom stereocenters. The number of nitrogens with zero attached hydrogens (tertiary/aromatic N) is 2. The summed E-state index contributed by atoms with van der Waals surface area (Å²) in [5, 5.41) is 5.86. The minimum absolute atomic E-state index is 0. The number of halogens is 4. The van der Waals surface area contributed by atoms with Crippen LogP contribution in [0.1, 0.15) is 20.3 Å². The molecule has 1 amide bonds. The summed E-state index contributed by atoms with van der Waals surface area (Å²) in [4.78, 5) is 16.0. The number of hydrogen-bond donors (Lipinski definition) is 2. The third-order valence-electron chi connectivity index (χ3n) is 2.10. The Labute approximate surface area is 134 Å². The highest BCUT2D eigenvalue weighted by Crippen LogP contribution is 2.15. The molecule has 0 saturated heterocycles. The van der Waals surface area contributed by atoms with Crippen LogP contribution in [0.5, 0.6) is 0 Å². The summed E-state index contributed by atoms with van der Waals surface area (Å²) in [5.41, 5.74) is 0. The third-order valence-corrected chi connectivity index (χ3v) is 2.10. The van der Waals surface area contributed by atoms with Crippen LogP contribution < -0.4 is 10.6 Å². The molecule has 0 saturated carbocycles. The molecular weight excluding hydrogens is 388 g/mol. The van der Waals surface area contributed by atoms with Crippen molar-refractivity contribution in [1.29, 1.82) is 0 Å². The molecule has 0 radical (unpaired) electrons. The van der Waals surface area contributed by atoms with Gasteiger partial charge < -0.3 is 15.5 Å². The number of rotatable bonds is 6. The smallest absolute Gasteiger partial charge is 0.357 e. The van der Waals surface area contributed by atoms with Crippen LogP contribution in [0.25, 0.3) is 0 Å². The second kappa shape index (κ2) is 11.0. The molecule has 5 nitrogen and oxygen atoms in total. The molecule has 0 rings (SSSR count). The van der Waals surface area contributed by atoms with Gasteiger partial charge in [-0.05, 0) is 13.3 Å². The van der Waals surface area contributed by atoms with Gasteiger partial charge in [-0.1, -0.05) is 6.92 Å². The molecule has 0 aromatic carbocycles. The molecule has 0 aliphatic heterocycles. The average molecular weight is 410 g/mol. The molecule has 0 unspecified atom stereocenters. The lowest BCUT2D eigenvalue weighted by atomic mass is 10.4. The number of aliphatic imine (C=N–C) groups is 1. The molecule has 2 N–H and O–H groups in total. The normalized spacial score (nSPS) is 11.6. The van der Waals surface area contributed by atoms with Gasteiger partial charge in [-0.2, -0.15) is 13.2 Å². The monoisotopic (exact) mass is 410 g/mol. The van der Waals surface area contributed by atoms with Crippen LogP contribution in [-0.2, 0) is 4.79 Å². The summed E-state index contributed by atoms with van der Waals surface area (Å²) in [7, 11) is 1.11. The first-order valence-corrected chi connectivity index (χ1v) is 6.13. The number of hydrogen-bond acceptors (Lipinski definition) is 2. The van der Waals surface area contributed by atoms with Crippen molar-refractivity contribution in [3.63, 3.8) is 0 Å². The van der Waals surface area contributed by atoms with Crippen LogP contribution in [0.2, 0.25) is 0 Å². The van der Waals surface area contributed by atoms with Crippen LogP contribution in [0.15, 0.2) is 4.99 Å². The Kier molecular flexibility index (Phi) is 11.8. The van der Waals surface area contributed by atoms with Gasteiger partial charge in [0.25, 0.3) is 0 Å². The van der Waals surface area contributed by atoms with Crippen molar-refractivity contribution in [2.24, 2.45) is 4.99 Å². The minimum atomic E-state index is -4.39. The number of amides is 1. The van der Waals surface area contributed by atoms with Crippen LogP contribution in [0.4, 0.5) is 13.2 Å². The quantitative estimate of drug-likeness (QED) is 0.398. The first kappa shape index (κ1) is 21.6. The van der Waals surface area contributed by atoms with Crippen LogP contribution in [-0.4, -0.2) is 56.2 Å². The molecule has 0 heterocycles. The van der Waals surface area contributed by atoms with Gasteiger partial charge in [0.2, 0.25) is 5.91 Å². The second-order valence-electron chi connectivity index (χ2n) is 3.99. The number of carbonyl (C=O) groups excluding carboxylic acids is 1. The van der Waals surface area contributed by atoms with E-state index < -0.39 is 18.6 Å². The first-order chi connectivity index (χ1) is 8.80. The van der Waals surface area contributed by atoms with Crippen molar-refractivity contribution in [3.8, 4) is 0 Å². The van der Waals surface area contributed by atoms with E-state index in [2.05, 4.69) is 15.6 Å². The lowest BCUT2D eigenvalue weighted by molar-refractivity contribution is -0.157. The summed E-state index contributed by atoms with van der Waals surface area (Å²) in [6, 6.07) is 0. The van der Waals surface area contributed by atoms with Crippen molar-refractivity contribution in [3.05, 3.63) is 0 Å². The number of likely N-dealkylation sites (N-methyl/N-ethyl adjacent to an activating group) is 1. The fourth-order valence-corrected chi connectivity index (χ4v) is 1.21. The van der Waals surface area contributed by atoms with Crippen LogP contribution in [0, 0.1) is 0 Å². The molecule has 9 heteroatoms. The Balaban J connectivity index is 0. The summed E-state index contributed by atoms with van der Waals surface area (Å²) in [6.07, 6.45) is -3.51. The maximum absolute atomic E-state index is 12.1. The second-order valence-corrected chi connectivity index (χ2v) is 3.99. The standard InChI is InChI=1S/C11H21F3N4O.HI/c1-4-6-16-10(15-5-2)17-7-9(19)18(3)8-11(12,13)14;/h4-8H2,1-3H3,(H2,15,16,17);1H. The van der Waals surface area contributed by atoms with Gasteiger partial charge in [-0.25, -0.2) is 4.99 Å². The first-order valence-electron chi connectivity index (χ1n) is 6.13. The fraction of sp³-hybridized carbons (Fsp3) is 0.818. The lowest BCUT2D eigenvalue weighted by Gasteiger charge is -2.18. The van der Waals surface area contributed by atoms with Gasteiger partial charge in [0.15, 0.2) is 5.96 Å². The topological polar surface area (TPSA) is 56.7 Å². The zero-order valence-electron chi connectivity index (χ0n) is 11.9. The Bertz CT molecular complexity index is 311. The number of alkyl halides is 3. The van der Waals surface area contributed by atoms with E-state index in [1.54, 1.807) is 0 Å². The van der Waals surface area contributed by atoms with Gasteiger partial charge in [0.05, 0.1) is 0 Å². The summed E-state index contributed by atoms with van der Waals surface area (Å²) in [5.74, 6) is -0.246. The molecule has 0 fully saturated rings. The van der Waals surface area contributed by atoms with Crippen molar-refractivity contribution >= 4 is 35.8 Å². The SMILES string of the molecule is CCCNC(=NCC(=O)N(C)CC(F)(F)F)NCC.I. The Morgan fingerprint density at radius 1 is 1.25 bits per heavy atom. The van der Waals surface area contributed by atoms with Crippen molar-refractivity contribution in [2.45, 2.75) is 26.4 Å². The Hall–Kier alpha value is -0.740. The van der Waals surface area contributed by atoms with Crippen molar-refractivity contribution in [1.82, 2.24) is 15.5 Å². The van der Waals surface area contributed by atoms with Crippen molar-refractivity contribution in [2.75, 3.05) is 33.2 Å². The maximum atomic E-state index is 12.1. The molecule has 0 aromatic heterocycles. The van der Waals surface area contributed by atoms with E-state index in [4.69, 9.17) is 0 Å². The highest BCUT2D eigenvalue weighted by molar-refractivity contribution is 14.0. The van der Waals surface area contributed by atoms with Gasteiger partial charge >= 0.3 is 6.18 Å². The fourth-order valence-electron chi connectivity index (χ4n) is 1.21. The summed E-state index contributed by atoms with van der Waals surface area (Å²) < 4.78 is 36.3.